The fourth-order valence-corrected chi connectivity index (χ4v) is 0.484. The number of carboxylic acids is 1. The highest BCUT2D eigenvalue weighted by molar-refractivity contribution is 5.66. The molecule has 1 atom stereocenters. The molecule has 0 aliphatic heterocycles. The van der Waals surface area contributed by atoms with E-state index >= 15 is 0 Å². The lowest BCUT2D eigenvalue weighted by atomic mass is 10.2. The summed E-state index contributed by atoms with van der Waals surface area (Å²) in [6, 6.07) is 0.307. The van der Waals surface area contributed by atoms with E-state index in [2.05, 4.69) is 5.32 Å². The molecule has 0 heterocycles. The van der Waals surface area contributed by atoms with Crippen molar-refractivity contribution < 1.29 is 9.90 Å². The minimum Gasteiger partial charge on any atom is -0.481 e. The van der Waals surface area contributed by atoms with Crippen LogP contribution in [0, 0.1) is 0 Å². The number of hydrogen-bond donors (Lipinski definition) is 2. The summed E-state index contributed by atoms with van der Waals surface area (Å²) in [5.74, 6) is -0.725. The zero-order valence-corrected chi connectivity index (χ0v) is 5.85. The fraction of sp³-hybridized carbons (Fsp3) is 0.833. The SMILES string of the molecule is CNC(C)CCC(=O)O. The van der Waals surface area contributed by atoms with Gasteiger partial charge in [0.1, 0.15) is 0 Å². The molecule has 1 unspecified atom stereocenters. The van der Waals surface area contributed by atoms with E-state index in [4.69, 9.17) is 5.11 Å². The molecule has 0 spiro atoms. The number of nitrogens with one attached hydrogen (secondary N) is 1. The Bertz CT molecular complexity index is 93.1. The summed E-state index contributed by atoms with van der Waals surface area (Å²) in [5, 5.41) is 11.2. The van der Waals surface area contributed by atoms with Gasteiger partial charge in [0.25, 0.3) is 0 Å². The van der Waals surface area contributed by atoms with Crippen molar-refractivity contribution in [3.8, 4) is 0 Å². The second kappa shape index (κ2) is 4.32. The summed E-state index contributed by atoms with van der Waals surface area (Å²) in [6.45, 7) is 1.96. The van der Waals surface area contributed by atoms with E-state index in [9.17, 15) is 4.79 Å². The third-order valence-corrected chi connectivity index (χ3v) is 1.28. The van der Waals surface area contributed by atoms with Crippen molar-refractivity contribution in [2.24, 2.45) is 0 Å². The van der Waals surface area contributed by atoms with Crippen LogP contribution >= 0.6 is 0 Å². The number of hydrogen-bond acceptors (Lipinski definition) is 2. The van der Waals surface area contributed by atoms with Crippen molar-refractivity contribution in [1.29, 1.82) is 0 Å². The molecular weight excluding hydrogens is 118 g/mol. The van der Waals surface area contributed by atoms with Crippen molar-refractivity contribution in [2.75, 3.05) is 7.05 Å². The van der Waals surface area contributed by atoms with Crippen molar-refractivity contribution in [1.82, 2.24) is 5.32 Å². The molecule has 0 fully saturated rings. The Hall–Kier alpha value is -0.570. The normalized spacial score (nSPS) is 13.1. The first-order valence-electron chi connectivity index (χ1n) is 3.06. The van der Waals surface area contributed by atoms with Crippen LogP contribution in [-0.2, 0) is 4.79 Å². The van der Waals surface area contributed by atoms with Gasteiger partial charge in [-0.3, -0.25) is 4.79 Å². The molecule has 0 aliphatic carbocycles. The van der Waals surface area contributed by atoms with Crippen LogP contribution < -0.4 is 5.32 Å². The molecule has 54 valence electrons. The van der Waals surface area contributed by atoms with Gasteiger partial charge in [-0.15, -0.1) is 0 Å². The van der Waals surface area contributed by atoms with Crippen LogP contribution in [-0.4, -0.2) is 24.2 Å². The standard InChI is InChI=1S/C6H13NO2/c1-5(7-2)3-4-6(8)9/h5,7H,3-4H2,1-2H3,(H,8,9). The molecule has 0 aromatic rings. The molecule has 0 saturated heterocycles. The molecule has 0 rings (SSSR count). The third-order valence-electron chi connectivity index (χ3n) is 1.28. The van der Waals surface area contributed by atoms with Crippen LogP contribution in [0.15, 0.2) is 0 Å². The van der Waals surface area contributed by atoms with Gasteiger partial charge in [-0.1, -0.05) is 0 Å². The Morgan fingerprint density at radius 2 is 2.33 bits per heavy atom. The van der Waals surface area contributed by atoms with Crippen molar-refractivity contribution in [3.63, 3.8) is 0 Å². The first-order valence-corrected chi connectivity index (χ1v) is 3.06. The van der Waals surface area contributed by atoms with Gasteiger partial charge in [0.2, 0.25) is 0 Å². The van der Waals surface area contributed by atoms with Gasteiger partial charge in [0.05, 0.1) is 0 Å². The second-order valence-corrected chi connectivity index (χ2v) is 2.12. The molecule has 2 N–H and O–H groups in total. The topological polar surface area (TPSA) is 49.3 Å². The molecule has 0 saturated carbocycles. The summed E-state index contributed by atoms with van der Waals surface area (Å²) in [5.41, 5.74) is 0. The summed E-state index contributed by atoms with van der Waals surface area (Å²) in [4.78, 5) is 9.99. The van der Waals surface area contributed by atoms with Crippen LogP contribution in [0.25, 0.3) is 0 Å². The van der Waals surface area contributed by atoms with E-state index in [-0.39, 0.29) is 6.42 Å². The lowest BCUT2D eigenvalue weighted by Gasteiger charge is -2.05. The number of aliphatic carboxylic acids is 1. The van der Waals surface area contributed by atoms with E-state index in [0.717, 1.165) is 0 Å². The Labute approximate surface area is 55.1 Å². The molecule has 0 amide bonds. The average Bonchev–Trinajstić information content (AvgIpc) is 1.83. The van der Waals surface area contributed by atoms with Crippen LogP contribution in [0.2, 0.25) is 0 Å². The molecule has 0 aliphatic rings. The van der Waals surface area contributed by atoms with Crippen molar-refractivity contribution in [3.05, 3.63) is 0 Å². The molecular formula is C6H13NO2. The summed E-state index contributed by atoms with van der Waals surface area (Å²) in [7, 11) is 1.83. The summed E-state index contributed by atoms with van der Waals surface area (Å²) in [6.07, 6.45) is 0.952. The van der Waals surface area contributed by atoms with Gasteiger partial charge in [-0.05, 0) is 20.4 Å². The highest BCUT2D eigenvalue weighted by Gasteiger charge is 2.00. The predicted molar refractivity (Wildman–Crippen MR) is 35.4 cm³/mol. The molecule has 0 bridgehead atoms. The first kappa shape index (κ1) is 8.43. The van der Waals surface area contributed by atoms with E-state index in [1.807, 2.05) is 14.0 Å². The van der Waals surface area contributed by atoms with Crippen molar-refractivity contribution in [2.45, 2.75) is 25.8 Å². The quantitative estimate of drug-likeness (QED) is 0.582. The van der Waals surface area contributed by atoms with E-state index in [1.54, 1.807) is 0 Å². The zero-order chi connectivity index (χ0) is 7.28. The van der Waals surface area contributed by atoms with Gasteiger partial charge in [0, 0.05) is 12.5 Å². The second-order valence-electron chi connectivity index (χ2n) is 2.12. The van der Waals surface area contributed by atoms with E-state index in [0.29, 0.717) is 12.5 Å². The minimum atomic E-state index is -0.725. The Balaban J connectivity index is 3.16. The maximum Gasteiger partial charge on any atom is 0.303 e. The highest BCUT2D eigenvalue weighted by atomic mass is 16.4. The van der Waals surface area contributed by atoms with Crippen LogP contribution in [0.4, 0.5) is 0 Å². The largest absolute Gasteiger partial charge is 0.481 e. The van der Waals surface area contributed by atoms with Crippen LogP contribution in [0.5, 0.6) is 0 Å². The van der Waals surface area contributed by atoms with Crippen LogP contribution in [0.3, 0.4) is 0 Å². The molecule has 0 aromatic carbocycles. The Morgan fingerprint density at radius 3 is 2.67 bits per heavy atom. The number of carbonyl (C=O) groups is 1. The average molecular weight is 131 g/mol. The molecule has 3 heteroatoms. The Morgan fingerprint density at radius 1 is 1.78 bits per heavy atom. The monoisotopic (exact) mass is 131 g/mol. The molecule has 9 heavy (non-hydrogen) atoms. The maximum atomic E-state index is 9.99. The van der Waals surface area contributed by atoms with Gasteiger partial charge in [-0.25, -0.2) is 0 Å². The fourth-order valence-electron chi connectivity index (χ4n) is 0.484. The van der Waals surface area contributed by atoms with E-state index in [1.165, 1.54) is 0 Å². The molecule has 3 nitrogen and oxygen atoms in total. The number of carboxylic acid groups (broad SMARTS) is 1. The lowest BCUT2D eigenvalue weighted by Crippen LogP contribution is -2.21. The number of rotatable bonds is 4. The van der Waals surface area contributed by atoms with E-state index < -0.39 is 5.97 Å². The summed E-state index contributed by atoms with van der Waals surface area (Å²) >= 11 is 0. The zero-order valence-electron chi connectivity index (χ0n) is 5.85. The van der Waals surface area contributed by atoms with Gasteiger partial charge < -0.3 is 10.4 Å². The first-order chi connectivity index (χ1) is 4.16. The van der Waals surface area contributed by atoms with Crippen molar-refractivity contribution >= 4 is 5.97 Å². The lowest BCUT2D eigenvalue weighted by molar-refractivity contribution is -0.137. The molecule has 0 aromatic heterocycles. The van der Waals surface area contributed by atoms with Gasteiger partial charge in [0.15, 0.2) is 0 Å². The van der Waals surface area contributed by atoms with Crippen LogP contribution in [0.1, 0.15) is 19.8 Å². The summed E-state index contributed by atoms with van der Waals surface area (Å²) < 4.78 is 0. The smallest absolute Gasteiger partial charge is 0.303 e. The molecule has 0 radical (unpaired) electrons. The Kier molecular flexibility index (Phi) is 4.05. The van der Waals surface area contributed by atoms with Gasteiger partial charge in [-0.2, -0.15) is 0 Å². The highest BCUT2D eigenvalue weighted by Crippen LogP contribution is 1.93. The minimum absolute atomic E-state index is 0.252. The maximum absolute atomic E-state index is 9.99. The van der Waals surface area contributed by atoms with Gasteiger partial charge >= 0.3 is 5.97 Å². The predicted octanol–water partition coefficient (Wildman–Crippen LogP) is 0.459. The third kappa shape index (κ3) is 5.30.